The van der Waals surface area contributed by atoms with Crippen LogP contribution in [0, 0.1) is 13.8 Å². The van der Waals surface area contributed by atoms with Crippen LogP contribution in [0.2, 0.25) is 5.02 Å². The van der Waals surface area contributed by atoms with E-state index in [-0.39, 0.29) is 6.54 Å². The van der Waals surface area contributed by atoms with Gasteiger partial charge in [0.25, 0.3) is 11.1 Å². The number of anilines is 1. The highest BCUT2D eigenvalue weighted by Crippen LogP contribution is 2.34. The number of nitrogens with zero attached hydrogens (tertiary/aromatic N) is 2. The highest BCUT2D eigenvalue weighted by Gasteiger charge is 2.36. The summed E-state index contributed by atoms with van der Waals surface area (Å²) in [5.74, 6) is -0.930. The van der Waals surface area contributed by atoms with E-state index >= 15 is 0 Å². The second-order valence-corrected chi connectivity index (χ2v) is 9.40. The van der Waals surface area contributed by atoms with E-state index in [4.69, 9.17) is 11.6 Å². The van der Waals surface area contributed by atoms with Gasteiger partial charge in [0.1, 0.15) is 6.54 Å². The van der Waals surface area contributed by atoms with Gasteiger partial charge in [-0.15, -0.1) is 0 Å². The fraction of sp³-hybridized carbons (Fsp3) is 0.192. The molecule has 1 aromatic heterocycles. The van der Waals surface area contributed by atoms with Crippen molar-refractivity contribution in [3.63, 3.8) is 0 Å². The Morgan fingerprint density at radius 1 is 1.09 bits per heavy atom. The Morgan fingerprint density at radius 3 is 2.50 bits per heavy atom. The summed E-state index contributed by atoms with van der Waals surface area (Å²) >= 11 is 6.70. The van der Waals surface area contributed by atoms with Crippen LogP contribution in [-0.2, 0) is 16.0 Å². The second-order valence-electron chi connectivity index (χ2n) is 7.97. The van der Waals surface area contributed by atoms with Crippen LogP contribution in [0.4, 0.5) is 10.5 Å². The molecule has 3 amide bonds. The van der Waals surface area contributed by atoms with Crippen molar-refractivity contribution in [3.05, 3.63) is 87.0 Å². The highest BCUT2D eigenvalue weighted by atomic mass is 35.5. The Kier molecular flexibility index (Phi) is 6.95. The minimum absolute atomic E-state index is 0.299. The van der Waals surface area contributed by atoms with Crippen LogP contribution in [-0.4, -0.2) is 33.1 Å². The molecule has 3 aromatic rings. The molecule has 0 spiro atoms. The Balaban J connectivity index is 1.54. The van der Waals surface area contributed by atoms with E-state index in [1.54, 1.807) is 30.3 Å². The summed E-state index contributed by atoms with van der Waals surface area (Å²) in [5.41, 5.74) is 5.74. The molecular weight excluding hydrogens is 470 g/mol. The van der Waals surface area contributed by atoms with E-state index in [0.717, 1.165) is 45.7 Å². The number of halogens is 1. The summed E-state index contributed by atoms with van der Waals surface area (Å²) in [6, 6.07) is 16.8. The van der Waals surface area contributed by atoms with E-state index in [9.17, 15) is 14.4 Å². The average molecular weight is 494 g/mol. The van der Waals surface area contributed by atoms with Crippen LogP contribution >= 0.6 is 23.4 Å². The largest absolute Gasteiger partial charge is 0.325 e. The molecule has 8 heteroatoms. The molecule has 0 unspecified atom stereocenters. The van der Waals surface area contributed by atoms with E-state index in [1.165, 1.54) is 5.56 Å². The van der Waals surface area contributed by atoms with Gasteiger partial charge in [0, 0.05) is 27.8 Å². The summed E-state index contributed by atoms with van der Waals surface area (Å²) < 4.78 is 2.16. The van der Waals surface area contributed by atoms with Crippen molar-refractivity contribution in [2.45, 2.75) is 27.2 Å². The van der Waals surface area contributed by atoms with Gasteiger partial charge in [-0.25, -0.2) is 0 Å². The van der Waals surface area contributed by atoms with E-state index in [1.807, 2.05) is 32.0 Å². The van der Waals surface area contributed by atoms with Crippen molar-refractivity contribution in [2.75, 3.05) is 11.9 Å². The van der Waals surface area contributed by atoms with Crippen molar-refractivity contribution < 1.29 is 14.4 Å². The number of carbonyl (C=O) groups is 3. The highest BCUT2D eigenvalue weighted by molar-refractivity contribution is 8.18. The molecular formula is C26H24ClN3O3S. The fourth-order valence-electron chi connectivity index (χ4n) is 3.99. The van der Waals surface area contributed by atoms with Crippen molar-refractivity contribution in [1.82, 2.24) is 9.47 Å². The summed E-state index contributed by atoms with van der Waals surface area (Å²) in [6.07, 6.45) is 2.63. The van der Waals surface area contributed by atoms with Gasteiger partial charge in [-0.2, -0.15) is 0 Å². The van der Waals surface area contributed by atoms with Crippen LogP contribution in [0.15, 0.2) is 59.5 Å². The van der Waals surface area contributed by atoms with Crippen LogP contribution in [0.5, 0.6) is 0 Å². The summed E-state index contributed by atoms with van der Waals surface area (Å²) in [4.78, 5) is 39.1. The minimum Gasteiger partial charge on any atom is -0.325 e. The first kappa shape index (κ1) is 23.9. The van der Waals surface area contributed by atoms with Crippen molar-refractivity contribution >= 4 is 52.2 Å². The molecule has 6 nitrogen and oxygen atoms in total. The third-order valence-corrected chi connectivity index (χ3v) is 6.83. The number of benzene rings is 2. The predicted molar refractivity (Wildman–Crippen MR) is 137 cm³/mol. The van der Waals surface area contributed by atoms with E-state index in [0.29, 0.717) is 15.6 Å². The Bertz CT molecular complexity index is 1310. The van der Waals surface area contributed by atoms with Gasteiger partial charge in [-0.05, 0) is 85.6 Å². The smallest absolute Gasteiger partial charge is 0.294 e. The second kappa shape index (κ2) is 9.91. The first-order valence-electron chi connectivity index (χ1n) is 10.9. The normalized spacial score (nSPS) is 14.8. The van der Waals surface area contributed by atoms with Gasteiger partial charge < -0.3 is 9.88 Å². The molecule has 0 radical (unpaired) electrons. The van der Waals surface area contributed by atoms with Crippen LogP contribution in [0.3, 0.4) is 0 Å². The lowest BCUT2D eigenvalue weighted by Crippen LogP contribution is -2.36. The number of aromatic nitrogens is 1. The number of hydrogen-bond donors (Lipinski definition) is 1. The van der Waals surface area contributed by atoms with Crippen LogP contribution in [0.1, 0.15) is 29.4 Å². The van der Waals surface area contributed by atoms with Gasteiger partial charge in [0.05, 0.1) is 4.91 Å². The molecule has 0 saturated carbocycles. The molecule has 34 heavy (non-hydrogen) atoms. The van der Waals surface area contributed by atoms with Crippen LogP contribution in [0.25, 0.3) is 11.8 Å². The number of amides is 3. The quantitative estimate of drug-likeness (QED) is 0.428. The third kappa shape index (κ3) is 4.81. The Morgan fingerprint density at radius 2 is 1.79 bits per heavy atom. The number of carbonyl (C=O) groups excluding carboxylic acids is 3. The molecule has 4 rings (SSSR count). The molecule has 1 fully saturated rings. The lowest BCUT2D eigenvalue weighted by molar-refractivity contribution is -0.127. The van der Waals surface area contributed by atoms with Gasteiger partial charge in [-0.1, -0.05) is 36.7 Å². The zero-order valence-corrected chi connectivity index (χ0v) is 20.7. The summed E-state index contributed by atoms with van der Waals surface area (Å²) in [7, 11) is 0. The SMILES string of the molecule is CCc1ccccc1-n1c(C)cc(/C=C2\SC(=O)N(CC(=O)Nc3ccc(Cl)cc3)C2=O)c1C. The van der Waals surface area contributed by atoms with Gasteiger partial charge in [0.2, 0.25) is 5.91 Å². The maximum Gasteiger partial charge on any atom is 0.294 e. The minimum atomic E-state index is -0.472. The Hall–Kier alpha value is -3.29. The zero-order chi connectivity index (χ0) is 24.4. The molecule has 2 aromatic carbocycles. The molecule has 0 atom stereocenters. The molecule has 0 aliphatic carbocycles. The number of nitrogens with one attached hydrogen (secondary N) is 1. The number of imide groups is 1. The van der Waals surface area contributed by atoms with E-state index < -0.39 is 17.1 Å². The standard InChI is InChI=1S/C26H24ClN3O3S/c1-4-18-7-5-6-8-22(18)30-16(2)13-19(17(30)3)14-23-25(32)29(26(33)34-23)15-24(31)28-21-11-9-20(27)10-12-21/h5-14H,4,15H2,1-3H3,(H,28,31)/b23-14-. The van der Waals surface area contributed by atoms with Crippen molar-refractivity contribution in [1.29, 1.82) is 0 Å². The topological polar surface area (TPSA) is 71.4 Å². The number of aryl methyl sites for hydroxylation is 2. The molecule has 1 aliphatic heterocycles. The van der Waals surface area contributed by atoms with Gasteiger partial charge in [0.15, 0.2) is 0 Å². The first-order chi connectivity index (χ1) is 16.3. The first-order valence-corrected chi connectivity index (χ1v) is 12.1. The van der Waals surface area contributed by atoms with Crippen LogP contribution < -0.4 is 5.32 Å². The fourth-order valence-corrected chi connectivity index (χ4v) is 4.94. The Labute approximate surface area is 207 Å². The predicted octanol–water partition coefficient (Wildman–Crippen LogP) is 5.98. The van der Waals surface area contributed by atoms with Gasteiger partial charge >= 0.3 is 0 Å². The van der Waals surface area contributed by atoms with Crippen molar-refractivity contribution in [2.24, 2.45) is 0 Å². The average Bonchev–Trinajstić information content (AvgIpc) is 3.24. The molecule has 2 heterocycles. The maximum absolute atomic E-state index is 12.9. The number of para-hydroxylation sites is 1. The third-order valence-electron chi connectivity index (χ3n) is 5.67. The maximum atomic E-state index is 12.9. The molecule has 0 bridgehead atoms. The van der Waals surface area contributed by atoms with E-state index in [2.05, 4.69) is 28.9 Å². The number of thioether (sulfide) groups is 1. The summed E-state index contributed by atoms with van der Waals surface area (Å²) in [6.45, 7) is 5.78. The van der Waals surface area contributed by atoms with Gasteiger partial charge in [-0.3, -0.25) is 19.3 Å². The zero-order valence-electron chi connectivity index (χ0n) is 19.1. The monoisotopic (exact) mass is 493 g/mol. The number of hydrogen-bond acceptors (Lipinski definition) is 4. The lowest BCUT2D eigenvalue weighted by atomic mass is 10.1. The molecule has 1 aliphatic rings. The lowest BCUT2D eigenvalue weighted by Gasteiger charge is -2.14. The summed E-state index contributed by atoms with van der Waals surface area (Å²) in [5, 5.41) is 2.76. The molecule has 174 valence electrons. The molecule has 1 saturated heterocycles. The van der Waals surface area contributed by atoms with Crippen molar-refractivity contribution in [3.8, 4) is 5.69 Å². The molecule has 1 N–H and O–H groups in total. The number of rotatable bonds is 6.